The zero-order valence-electron chi connectivity index (χ0n) is 13.3. The lowest BCUT2D eigenvalue weighted by Crippen LogP contribution is -2.42. The molecule has 126 valence electrons. The molecule has 2 aromatic rings. The predicted molar refractivity (Wildman–Crippen MR) is 99.9 cm³/mol. The van der Waals surface area contributed by atoms with Gasteiger partial charge in [-0.25, -0.2) is 0 Å². The average Bonchev–Trinajstić information content (AvgIpc) is 3.28. The van der Waals surface area contributed by atoms with Crippen LogP contribution < -0.4 is 0 Å². The summed E-state index contributed by atoms with van der Waals surface area (Å²) in [5, 5.41) is 0.751. The lowest BCUT2D eigenvalue weighted by molar-refractivity contribution is -0.137. The van der Waals surface area contributed by atoms with Crippen LogP contribution in [0, 0.1) is 5.92 Å². The number of amides is 1. The van der Waals surface area contributed by atoms with E-state index in [0.717, 1.165) is 22.3 Å². The van der Waals surface area contributed by atoms with Crippen LogP contribution in [0.15, 0.2) is 36.4 Å². The number of likely N-dealkylation sites (tertiary alicyclic amines) is 1. The highest BCUT2D eigenvalue weighted by Gasteiger charge is 2.40. The van der Waals surface area contributed by atoms with Gasteiger partial charge in [0.05, 0.1) is 10.4 Å². The summed E-state index contributed by atoms with van der Waals surface area (Å²) in [6, 6.07) is 12.2. The molecule has 1 aliphatic carbocycles. The number of piperidine rings is 1. The second-order valence-electron chi connectivity index (χ2n) is 6.78. The Morgan fingerprint density at radius 1 is 1.12 bits per heavy atom. The molecule has 2 aliphatic rings. The van der Waals surface area contributed by atoms with Crippen LogP contribution in [-0.2, 0) is 4.79 Å². The van der Waals surface area contributed by atoms with Gasteiger partial charge in [-0.3, -0.25) is 4.79 Å². The van der Waals surface area contributed by atoms with Crippen molar-refractivity contribution in [2.24, 2.45) is 5.92 Å². The lowest BCUT2D eigenvalue weighted by atomic mass is 9.82. The Labute approximate surface area is 156 Å². The summed E-state index contributed by atoms with van der Waals surface area (Å²) in [4.78, 5) is 15.9. The normalized spacial score (nSPS) is 24.4. The minimum absolute atomic E-state index is 0.0721. The Morgan fingerprint density at radius 3 is 2.62 bits per heavy atom. The van der Waals surface area contributed by atoms with Crippen molar-refractivity contribution in [3.05, 3.63) is 56.2 Å². The molecule has 2 fully saturated rings. The van der Waals surface area contributed by atoms with Crippen LogP contribution in [0.1, 0.15) is 48.1 Å². The van der Waals surface area contributed by atoms with Crippen LogP contribution in [0.2, 0.25) is 9.36 Å². The molecule has 1 aliphatic heterocycles. The van der Waals surface area contributed by atoms with Gasteiger partial charge in [0.1, 0.15) is 0 Å². The van der Waals surface area contributed by atoms with Gasteiger partial charge in [0, 0.05) is 28.8 Å². The molecular formula is C19H19Cl2NOS. The smallest absolute Gasteiger partial charge is 0.223 e. The van der Waals surface area contributed by atoms with Gasteiger partial charge in [-0.15, -0.1) is 11.3 Å². The van der Waals surface area contributed by atoms with Crippen LogP contribution in [0.5, 0.6) is 0 Å². The number of carbonyl (C=O) groups is 1. The Balaban J connectivity index is 1.74. The van der Waals surface area contributed by atoms with Crippen LogP contribution >= 0.6 is 34.5 Å². The summed E-state index contributed by atoms with van der Waals surface area (Å²) in [6.07, 6.45) is 3.95. The third kappa shape index (κ3) is 3.35. The highest BCUT2D eigenvalue weighted by Crippen LogP contribution is 2.47. The van der Waals surface area contributed by atoms with E-state index in [2.05, 4.69) is 17.0 Å². The molecule has 2 atom stereocenters. The maximum atomic E-state index is 12.7. The van der Waals surface area contributed by atoms with E-state index in [1.165, 1.54) is 23.3 Å². The molecule has 1 saturated carbocycles. The molecule has 1 amide bonds. The third-order valence-electron chi connectivity index (χ3n) is 5.02. The van der Waals surface area contributed by atoms with Gasteiger partial charge < -0.3 is 4.90 Å². The molecule has 2 heterocycles. The highest BCUT2D eigenvalue weighted by molar-refractivity contribution is 7.16. The van der Waals surface area contributed by atoms with Crippen molar-refractivity contribution in [2.75, 3.05) is 6.54 Å². The quantitative estimate of drug-likeness (QED) is 0.646. The molecule has 0 N–H and O–H groups in total. The van der Waals surface area contributed by atoms with Crippen molar-refractivity contribution in [2.45, 2.75) is 37.6 Å². The van der Waals surface area contributed by atoms with Crippen molar-refractivity contribution in [1.29, 1.82) is 0 Å². The first kappa shape index (κ1) is 16.4. The zero-order valence-corrected chi connectivity index (χ0v) is 15.6. The second-order valence-corrected chi connectivity index (χ2v) is 8.96. The molecule has 24 heavy (non-hydrogen) atoms. The number of benzene rings is 1. The topological polar surface area (TPSA) is 20.3 Å². The molecule has 1 saturated heterocycles. The molecule has 5 heteroatoms. The van der Waals surface area contributed by atoms with Gasteiger partial charge in [0.25, 0.3) is 0 Å². The fourth-order valence-electron chi connectivity index (χ4n) is 3.67. The largest absolute Gasteiger partial charge is 0.334 e. The standard InChI is InChI=1S/C19H19Cl2NOS/c20-14-3-1-2-13(10-14)15-6-9-18(23)22(11-12-4-5-12)19(15)16-7-8-17(21)24-16/h1-3,7-8,10,12,15,19H,4-6,9,11H2/t15?,19-/m0/s1. The molecular weight excluding hydrogens is 361 g/mol. The highest BCUT2D eigenvalue weighted by atomic mass is 35.5. The van der Waals surface area contributed by atoms with Gasteiger partial charge in [0.2, 0.25) is 5.91 Å². The van der Waals surface area contributed by atoms with Crippen molar-refractivity contribution >= 4 is 40.4 Å². The van der Waals surface area contributed by atoms with Crippen LogP contribution in [-0.4, -0.2) is 17.4 Å². The van der Waals surface area contributed by atoms with E-state index >= 15 is 0 Å². The number of thiophene rings is 1. The first-order valence-corrected chi connectivity index (χ1v) is 9.99. The fourth-order valence-corrected chi connectivity index (χ4v) is 5.11. The molecule has 4 rings (SSSR count). The minimum Gasteiger partial charge on any atom is -0.334 e. The Kier molecular flexibility index (Phi) is 4.59. The van der Waals surface area contributed by atoms with Gasteiger partial charge in [-0.2, -0.15) is 0 Å². The van der Waals surface area contributed by atoms with Crippen molar-refractivity contribution < 1.29 is 4.79 Å². The molecule has 2 nitrogen and oxygen atoms in total. The number of hydrogen-bond acceptors (Lipinski definition) is 2. The van der Waals surface area contributed by atoms with Crippen LogP contribution in [0.3, 0.4) is 0 Å². The van der Waals surface area contributed by atoms with Crippen LogP contribution in [0.25, 0.3) is 0 Å². The van der Waals surface area contributed by atoms with E-state index in [1.54, 1.807) is 11.3 Å². The summed E-state index contributed by atoms with van der Waals surface area (Å²) in [7, 11) is 0. The molecule has 0 bridgehead atoms. The van der Waals surface area contributed by atoms with Gasteiger partial charge in [-0.1, -0.05) is 35.3 Å². The van der Waals surface area contributed by atoms with Crippen molar-refractivity contribution in [1.82, 2.24) is 4.90 Å². The Morgan fingerprint density at radius 2 is 1.96 bits per heavy atom. The fraction of sp³-hybridized carbons (Fsp3) is 0.421. The third-order valence-corrected chi connectivity index (χ3v) is 6.56. The van der Waals surface area contributed by atoms with E-state index in [4.69, 9.17) is 23.2 Å². The Bertz CT molecular complexity index is 755. The minimum atomic E-state index is 0.0721. The monoisotopic (exact) mass is 379 g/mol. The summed E-state index contributed by atoms with van der Waals surface area (Å²) < 4.78 is 0.777. The van der Waals surface area contributed by atoms with E-state index < -0.39 is 0 Å². The second kappa shape index (κ2) is 6.70. The summed E-state index contributed by atoms with van der Waals surface area (Å²) >= 11 is 14.0. The SMILES string of the molecule is O=C1CCC(c2cccc(Cl)c2)[C@@H](c2ccc(Cl)s2)N1CC1CC1. The number of nitrogens with zero attached hydrogens (tertiary/aromatic N) is 1. The molecule has 1 aromatic carbocycles. The van der Waals surface area contributed by atoms with Gasteiger partial charge in [0.15, 0.2) is 0 Å². The average molecular weight is 380 g/mol. The number of carbonyl (C=O) groups excluding carboxylic acids is 1. The van der Waals surface area contributed by atoms with Crippen LogP contribution in [0.4, 0.5) is 0 Å². The summed E-state index contributed by atoms with van der Waals surface area (Å²) in [5.74, 6) is 1.22. The maximum absolute atomic E-state index is 12.7. The van der Waals surface area contributed by atoms with E-state index in [1.807, 2.05) is 24.3 Å². The summed E-state index contributed by atoms with van der Waals surface area (Å²) in [5.41, 5.74) is 1.21. The van der Waals surface area contributed by atoms with Crippen molar-refractivity contribution in [3.8, 4) is 0 Å². The number of rotatable bonds is 4. The number of hydrogen-bond donors (Lipinski definition) is 0. The van der Waals surface area contributed by atoms with E-state index in [0.29, 0.717) is 12.3 Å². The Hall–Kier alpha value is -1.03. The van der Waals surface area contributed by atoms with E-state index in [9.17, 15) is 4.79 Å². The molecule has 0 radical (unpaired) electrons. The van der Waals surface area contributed by atoms with Gasteiger partial charge in [-0.05, 0) is 55.0 Å². The van der Waals surface area contributed by atoms with E-state index in [-0.39, 0.29) is 17.9 Å². The van der Waals surface area contributed by atoms with Gasteiger partial charge >= 0.3 is 0 Å². The van der Waals surface area contributed by atoms with Crippen molar-refractivity contribution in [3.63, 3.8) is 0 Å². The zero-order chi connectivity index (χ0) is 16.7. The summed E-state index contributed by atoms with van der Waals surface area (Å²) in [6.45, 7) is 0.871. The molecule has 1 unspecified atom stereocenters. The predicted octanol–water partition coefficient (Wildman–Crippen LogP) is 5.91. The molecule has 1 aromatic heterocycles. The lowest BCUT2D eigenvalue weighted by Gasteiger charge is -2.41. The first-order valence-electron chi connectivity index (χ1n) is 8.42. The maximum Gasteiger partial charge on any atom is 0.223 e. The number of halogens is 2. The first-order chi connectivity index (χ1) is 11.6. The molecule has 0 spiro atoms.